The number of ether oxygens (including phenoxy) is 1. The van der Waals surface area contributed by atoms with E-state index in [1.54, 1.807) is 12.4 Å². The molecule has 0 N–H and O–H groups in total. The van der Waals surface area contributed by atoms with Crippen LogP contribution >= 0.6 is 15.9 Å². The SMILES string of the molecule is Cc1ccc(Oc2nccc(C)c2Br)cn1. The van der Waals surface area contributed by atoms with Gasteiger partial charge in [0.05, 0.1) is 10.7 Å². The van der Waals surface area contributed by atoms with Gasteiger partial charge in [0.1, 0.15) is 5.75 Å². The van der Waals surface area contributed by atoms with Gasteiger partial charge in [-0.15, -0.1) is 0 Å². The number of hydrogen-bond acceptors (Lipinski definition) is 3. The molecular weight excluding hydrogens is 268 g/mol. The van der Waals surface area contributed by atoms with E-state index in [4.69, 9.17) is 4.74 Å². The summed E-state index contributed by atoms with van der Waals surface area (Å²) in [7, 11) is 0. The van der Waals surface area contributed by atoms with Crippen LogP contribution in [0.5, 0.6) is 11.6 Å². The molecule has 2 rings (SSSR count). The Kier molecular flexibility index (Phi) is 3.19. The molecule has 0 fully saturated rings. The quantitative estimate of drug-likeness (QED) is 0.841. The Labute approximate surface area is 103 Å². The average molecular weight is 279 g/mol. The van der Waals surface area contributed by atoms with Gasteiger partial charge >= 0.3 is 0 Å². The molecule has 3 nitrogen and oxygen atoms in total. The van der Waals surface area contributed by atoms with Crippen LogP contribution in [-0.4, -0.2) is 9.97 Å². The van der Waals surface area contributed by atoms with Crippen LogP contribution in [0.2, 0.25) is 0 Å². The second-order valence-electron chi connectivity index (χ2n) is 3.48. The lowest BCUT2D eigenvalue weighted by Gasteiger charge is -2.07. The second-order valence-corrected chi connectivity index (χ2v) is 4.28. The Hall–Kier alpha value is -1.42. The first-order chi connectivity index (χ1) is 7.66. The van der Waals surface area contributed by atoms with Crippen molar-refractivity contribution in [1.82, 2.24) is 9.97 Å². The van der Waals surface area contributed by atoms with E-state index in [0.717, 1.165) is 15.7 Å². The normalized spacial score (nSPS) is 10.2. The van der Waals surface area contributed by atoms with Gasteiger partial charge in [0.25, 0.3) is 0 Å². The third kappa shape index (κ3) is 2.39. The minimum Gasteiger partial charge on any atom is -0.436 e. The molecule has 0 amide bonds. The van der Waals surface area contributed by atoms with Crippen LogP contribution in [0, 0.1) is 13.8 Å². The van der Waals surface area contributed by atoms with Crippen LogP contribution in [0.3, 0.4) is 0 Å². The Morgan fingerprint density at radius 1 is 1.12 bits per heavy atom. The molecule has 2 heterocycles. The zero-order valence-electron chi connectivity index (χ0n) is 9.07. The molecule has 2 aromatic rings. The van der Waals surface area contributed by atoms with Gasteiger partial charge < -0.3 is 4.74 Å². The lowest BCUT2D eigenvalue weighted by molar-refractivity contribution is 0.456. The summed E-state index contributed by atoms with van der Waals surface area (Å²) in [5.74, 6) is 1.25. The molecule has 0 aliphatic heterocycles. The highest BCUT2D eigenvalue weighted by molar-refractivity contribution is 9.10. The van der Waals surface area contributed by atoms with Crippen LogP contribution in [0.1, 0.15) is 11.3 Å². The molecule has 0 aliphatic rings. The number of rotatable bonds is 2. The van der Waals surface area contributed by atoms with Crippen LogP contribution in [0.25, 0.3) is 0 Å². The number of aromatic nitrogens is 2. The van der Waals surface area contributed by atoms with Gasteiger partial charge in [0, 0.05) is 11.9 Å². The highest BCUT2D eigenvalue weighted by Crippen LogP contribution is 2.29. The first-order valence-electron chi connectivity index (χ1n) is 4.88. The topological polar surface area (TPSA) is 35.0 Å². The largest absolute Gasteiger partial charge is 0.436 e. The fourth-order valence-electron chi connectivity index (χ4n) is 1.21. The monoisotopic (exact) mass is 278 g/mol. The molecule has 16 heavy (non-hydrogen) atoms. The van der Waals surface area contributed by atoms with E-state index in [9.17, 15) is 0 Å². The van der Waals surface area contributed by atoms with Crippen molar-refractivity contribution in [3.05, 3.63) is 46.3 Å². The zero-order valence-corrected chi connectivity index (χ0v) is 10.7. The summed E-state index contributed by atoms with van der Waals surface area (Å²) in [6.45, 7) is 3.93. The zero-order chi connectivity index (χ0) is 11.5. The third-order valence-electron chi connectivity index (χ3n) is 2.15. The summed E-state index contributed by atoms with van der Waals surface area (Å²) in [6, 6.07) is 5.70. The maximum absolute atomic E-state index is 5.62. The van der Waals surface area contributed by atoms with Crippen LogP contribution < -0.4 is 4.74 Å². The first-order valence-corrected chi connectivity index (χ1v) is 5.68. The molecule has 0 saturated carbocycles. The third-order valence-corrected chi connectivity index (χ3v) is 3.11. The van der Waals surface area contributed by atoms with E-state index in [-0.39, 0.29) is 0 Å². The van der Waals surface area contributed by atoms with Gasteiger partial charge in [-0.25, -0.2) is 4.98 Å². The summed E-state index contributed by atoms with van der Waals surface area (Å²) < 4.78 is 6.50. The highest BCUT2D eigenvalue weighted by Gasteiger charge is 2.06. The molecule has 0 radical (unpaired) electrons. The number of hydrogen-bond donors (Lipinski definition) is 0. The van der Waals surface area contributed by atoms with Crippen molar-refractivity contribution in [2.45, 2.75) is 13.8 Å². The van der Waals surface area contributed by atoms with Crippen molar-refractivity contribution in [1.29, 1.82) is 0 Å². The van der Waals surface area contributed by atoms with Gasteiger partial charge in [0.2, 0.25) is 5.88 Å². The Morgan fingerprint density at radius 3 is 2.62 bits per heavy atom. The number of halogens is 1. The van der Waals surface area contributed by atoms with Crippen molar-refractivity contribution >= 4 is 15.9 Å². The van der Waals surface area contributed by atoms with Crippen LogP contribution in [0.4, 0.5) is 0 Å². The van der Waals surface area contributed by atoms with Crippen molar-refractivity contribution in [2.75, 3.05) is 0 Å². The molecule has 2 aromatic heterocycles. The molecule has 0 saturated heterocycles. The Bertz CT molecular complexity index is 497. The van der Waals surface area contributed by atoms with E-state index in [2.05, 4.69) is 25.9 Å². The Balaban J connectivity index is 2.27. The van der Waals surface area contributed by atoms with E-state index in [1.165, 1.54) is 0 Å². The lowest BCUT2D eigenvalue weighted by Crippen LogP contribution is -1.91. The molecule has 0 aromatic carbocycles. The standard InChI is InChI=1S/C12H11BrN2O/c1-8-5-6-14-12(11(8)13)16-10-4-3-9(2)15-7-10/h3-7H,1-2H3. The van der Waals surface area contributed by atoms with Gasteiger partial charge in [-0.1, -0.05) is 0 Å². The fraction of sp³-hybridized carbons (Fsp3) is 0.167. The van der Waals surface area contributed by atoms with Crippen molar-refractivity contribution < 1.29 is 4.74 Å². The van der Waals surface area contributed by atoms with Crippen LogP contribution in [-0.2, 0) is 0 Å². The maximum atomic E-state index is 5.62. The lowest BCUT2D eigenvalue weighted by atomic mass is 10.3. The van der Waals surface area contributed by atoms with Gasteiger partial charge in [0.15, 0.2) is 0 Å². The fourth-order valence-corrected chi connectivity index (χ4v) is 1.53. The predicted octanol–water partition coefficient (Wildman–Crippen LogP) is 3.65. The summed E-state index contributed by atoms with van der Waals surface area (Å²) in [5.41, 5.74) is 2.05. The van der Waals surface area contributed by atoms with E-state index < -0.39 is 0 Å². The minimum absolute atomic E-state index is 0.561. The number of pyridine rings is 2. The summed E-state index contributed by atoms with van der Waals surface area (Å²) >= 11 is 3.44. The summed E-state index contributed by atoms with van der Waals surface area (Å²) in [6.07, 6.45) is 3.41. The first kappa shape index (κ1) is 11.1. The van der Waals surface area contributed by atoms with E-state index >= 15 is 0 Å². The second kappa shape index (κ2) is 4.61. The molecular formula is C12H11BrN2O. The molecule has 0 atom stereocenters. The number of nitrogens with zero attached hydrogens (tertiary/aromatic N) is 2. The molecule has 82 valence electrons. The van der Waals surface area contributed by atoms with E-state index in [1.807, 2.05) is 32.0 Å². The van der Waals surface area contributed by atoms with E-state index in [0.29, 0.717) is 11.6 Å². The highest BCUT2D eigenvalue weighted by atomic mass is 79.9. The van der Waals surface area contributed by atoms with Gasteiger partial charge in [-0.2, -0.15) is 0 Å². The average Bonchev–Trinajstić information content (AvgIpc) is 2.28. The van der Waals surface area contributed by atoms with Gasteiger partial charge in [-0.3, -0.25) is 4.98 Å². The summed E-state index contributed by atoms with van der Waals surface area (Å²) in [5, 5.41) is 0. The molecule has 4 heteroatoms. The minimum atomic E-state index is 0.561. The molecule has 0 bridgehead atoms. The van der Waals surface area contributed by atoms with Crippen molar-refractivity contribution in [2.24, 2.45) is 0 Å². The predicted molar refractivity (Wildman–Crippen MR) is 65.7 cm³/mol. The van der Waals surface area contributed by atoms with Crippen LogP contribution in [0.15, 0.2) is 35.1 Å². The van der Waals surface area contributed by atoms with Crippen molar-refractivity contribution in [3.8, 4) is 11.6 Å². The molecule has 0 spiro atoms. The smallest absolute Gasteiger partial charge is 0.233 e. The summed E-state index contributed by atoms with van der Waals surface area (Å²) in [4.78, 5) is 8.32. The molecule has 0 aliphatic carbocycles. The van der Waals surface area contributed by atoms with Crippen molar-refractivity contribution in [3.63, 3.8) is 0 Å². The maximum Gasteiger partial charge on any atom is 0.233 e. The number of aryl methyl sites for hydroxylation is 2. The Morgan fingerprint density at radius 2 is 1.94 bits per heavy atom. The van der Waals surface area contributed by atoms with Gasteiger partial charge in [-0.05, 0) is 53.5 Å². The molecule has 0 unspecified atom stereocenters.